The molecule has 5 amide bonds. The third-order valence-corrected chi connectivity index (χ3v) is 11.1. The van der Waals surface area contributed by atoms with Crippen molar-refractivity contribution in [2.24, 2.45) is 5.92 Å². The average Bonchev–Trinajstić information content (AvgIpc) is 3.34. The Morgan fingerprint density at radius 1 is 0.960 bits per heavy atom. The summed E-state index contributed by atoms with van der Waals surface area (Å²) in [7, 11) is 0. The summed E-state index contributed by atoms with van der Waals surface area (Å²) in [5, 5.41) is 5.34. The maximum atomic E-state index is 13.2. The van der Waals surface area contributed by atoms with E-state index in [0.29, 0.717) is 29.4 Å². The molecule has 0 bridgehead atoms. The monoisotopic (exact) mass is 685 g/mol. The summed E-state index contributed by atoms with van der Waals surface area (Å²) in [6.45, 7) is 7.29. The maximum Gasteiger partial charge on any atom is 0.271 e. The van der Waals surface area contributed by atoms with E-state index in [2.05, 4.69) is 44.2 Å². The van der Waals surface area contributed by atoms with Crippen molar-refractivity contribution in [3.8, 4) is 5.75 Å². The molecule has 2 N–H and O–H groups in total. The number of carbonyl (C=O) groups is 5. The predicted molar refractivity (Wildman–Crippen MR) is 184 cm³/mol. The number of nitrogens with zero attached hydrogens (tertiary/aromatic N) is 5. The number of amides is 5. The molecular formula is C37H47N7O6. The van der Waals surface area contributed by atoms with Crippen LogP contribution in [0.5, 0.6) is 5.75 Å². The average molecular weight is 686 g/mol. The van der Waals surface area contributed by atoms with Crippen molar-refractivity contribution in [3.05, 3.63) is 47.4 Å². The molecule has 266 valence electrons. The topological polar surface area (TPSA) is 154 Å². The Bertz CT molecular complexity index is 1630. The van der Waals surface area contributed by atoms with Crippen LogP contribution >= 0.6 is 0 Å². The molecule has 7 rings (SSSR count). The molecule has 5 aliphatic rings. The molecule has 2 aromatic rings. The largest absolute Gasteiger partial charge is 0.490 e. The maximum absolute atomic E-state index is 13.2. The number of ether oxygens (including phenoxy) is 1. The minimum Gasteiger partial charge on any atom is -0.490 e. The van der Waals surface area contributed by atoms with Crippen LogP contribution in [-0.2, 0) is 9.59 Å². The Hall–Kier alpha value is -4.39. The van der Waals surface area contributed by atoms with Gasteiger partial charge in [0.05, 0.1) is 23.5 Å². The van der Waals surface area contributed by atoms with Crippen LogP contribution in [0.15, 0.2) is 30.6 Å². The zero-order valence-corrected chi connectivity index (χ0v) is 28.9. The number of carbonyl (C=O) groups excluding carboxylic acids is 5. The molecule has 0 spiro atoms. The van der Waals surface area contributed by atoms with Gasteiger partial charge >= 0.3 is 0 Å². The smallest absolute Gasteiger partial charge is 0.271 e. The van der Waals surface area contributed by atoms with Crippen molar-refractivity contribution in [1.82, 2.24) is 30.4 Å². The molecule has 2 saturated carbocycles. The number of nitrogens with one attached hydrogen (secondary N) is 2. The van der Waals surface area contributed by atoms with Crippen molar-refractivity contribution in [1.29, 1.82) is 0 Å². The van der Waals surface area contributed by atoms with Gasteiger partial charge in [0.15, 0.2) is 0 Å². The molecule has 13 heteroatoms. The second-order valence-corrected chi connectivity index (χ2v) is 14.8. The fourth-order valence-corrected chi connectivity index (χ4v) is 8.15. The second-order valence-electron chi connectivity index (χ2n) is 14.8. The van der Waals surface area contributed by atoms with Crippen molar-refractivity contribution in [2.75, 3.05) is 24.5 Å². The Kier molecular flexibility index (Phi) is 9.85. The first-order chi connectivity index (χ1) is 24.1. The fourth-order valence-electron chi connectivity index (χ4n) is 8.15. The molecule has 0 radical (unpaired) electrons. The van der Waals surface area contributed by atoms with Gasteiger partial charge in [0.1, 0.15) is 29.4 Å². The molecule has 2 aliphatic carbocycles. The first-order valence-corrected chi connectivity index (χ1v) is 18.3. The third kappa shape index (κ3) is 7.10. The summed E-state index contributed by atoms with van der Waals surface area (Å²) in [5.74, 6) is -0.295. The summed E-state index contributed by atoms with van der Waals surface area (Å²) in [5.41, 5.74) is 0.850. The quantitative estimate of drug-likeness (QED) is 0.356. The summed E-state index contributed by atoms with van der Waals surface area (Å²) in [6, 6.07) is 4.95. The van der Waals surface area contributed by atoms with Gasteiger partial charge in [-0.1, -0.05) is 19.3 Å². The van der Waals surface area contributed by atoms with E-state index in [4.69, 9.17) is 4.74 Å². The molecule has 1 aromatic carbocycles. The number of anilines is 1. The number of rotatable bonds is 10. The van der Waals surface area contributed by atoms with Crippen LogP contribution in [0.1, 0.15) is 116 Å². The highest BCUT2D eigenvalue weighted by atomic mass is 16.5. The summed E-state index contributed by atoms with van der Waals surface area (Å²) < 4.78 is 6.27. The number of imide groups is 2. The van der Waals surface area contributed by atoms with Crippen LogP contribution in [0.4, 0.5) is 5.82 Å². The predicted octanol–water partition coefficient (Wildman–Crippen LogP) is 3.48. The van der Waals surface area contributed by atoms with E-state index in [0.717, 1.165) is 81.7 Å². The Morgan fingerprint density at radius 2 is 1.70 bits per heavy atom. The second kappa shape index (κ2) is 14.5. The molecule has 13 nitrogen and oxygen atoms in total. The van der Waals surface area contributed by atoms with E-state index >= 15 is 0 Å². The number of fused-ring (bicyclic) bond motifs is 1. The molecule has 4 fully saturated rings. The van der Waals surface area contributed by atoms with Crippen LogP contribution in [0.25, 0.3) is 0 Å². The molecule has 1 aromatic heterocycles. The summed E-state index contributed by atoms with van der Waals surface area (Å²) in [6.07, 6.45) is 13.0. The lowest BCUT2D eigenvalue weighted by molar-refractivity contribution is -0.136. The van der Waals surface area contributed by atoms with Gasteiger partial charge in [-0.05, 0) is 70.1 Å². The normalized spacial score (nSPS) is 24.8. The van der Waals surface area contributed by atoms with Gasteiger partial charge in [-0.15, -0.1) is 0 Å². The van der Waals surface area contributed by atoms with E-state index in [1.807, 2.05) is 0 Å². The van der Waals surface area contributed by atoms with Gasteiger partial charge in [0.25, 0.3) is 17.7 Å². The third-order valence-electron chi connectivity index (χ3n) is 11.1. The van der Waals surface area contributed by atoms with E-state index in [-0.39, 0.29) is 42.0 Å². The molecule has 50 heavy (non-hydrogen) atoms. The van der Waals surface area contributed by atoms with Crippen LogP contribution in [0, 0.1) is 5.92 Å². The number of aromatic nitrogens is 2. The van der Waals surface area contributed by atoms with Crippen molar-refractivity contribution >= 4 is 35.4 Å². The lowest BCUT2D eigenvalue weighted by Crippen LogP contribution is -2.54. The Labute approximate surface area is 292 Å². The van der Waals surface area contributed by atoms with Gasteiger partial charge < -0.3 is 15.0 Å². The molecule has 2 saturated heterocycles. The highest BCUT2D eigenvalue weighted by Gasteiger charge is 2.45. The minimum absolute atomic E-state index is 0.00545. The molecule has 1 unspecified atom stereocenters. The van der Waals surface area contributed by atoms with Crippen LogP contribution in [0.3, 0.4) is 0 Å². The summed E-state index contributed by atoms with van der Waals surface area (Å²) in [4.78, 5) is 77.7. The van der Waals surface area contributed by atoms with Gasteiger partial charge in [-0.25, -0.2) is 9.97 Å². The highest BCUT2D eigenvalue weighted by Crippen LogP contribution is 2.35. The standard InChI is InChI=1S/C37H47N7O6/c1-22(2)43(21-23-12-14-42(15-13-23)32-20-38-30(19-39-32)34(46)40-24-6-4-3-5-7-24)25-16-27(17-25)50-26-8-9-28-29(18-26)37(49)44(36(28)48)31-10-11-33(45)41-35(31)47/h8-9,18-20,22-25,27,31H,3-7,10-17,21H2,1-2H3,(H,40,46)(H,41,45,47). The minimum atomic E-state index is -0.989. The van der Waals surface area contributed by atoms with Crippen molar-refractivity contribution < 1.29 is 28.7 Å². The van der Waals surface area contributed by atoms with Crippen LogP contribution < -0.4 is 20.3 Å². The first-order valence-electron chi connectivity index (χ1n) is 18.3. The molecular weight excluding hydrogens is 638 g/mol. The zero-order valence-electron chi connectivity index (χ0n) is 28.9. The molecule has 1 atom stereocenters. The van der Waals surface area contributed by atoms with Gasteiger partial charge in [-0.2, -0.15) is 0 Å². The van der Waals surface area contributed by atoms with E-state index in [9.17, 15) is 24.0 Å². The van der Waals surface area contributed by atoms with Crippen molar-refractivity contribution in [2.45, 2.75) is 115 Å². The van der Waals surface area contributed by atoms with Gasteiger partial charge in [-0.3, -0.25) is 39.1 Å². The molecule has 4 heterocycles. The van der Waals surface area contributed by atoms with Gasteiger partial charge in [0, 0.05) is 57.0 Å². The number of piperidine rings is 2. The lowest BCUT2D eigenvalue weighted by Gasteiger charge is -2.46. The van der Waals surface area contributed by atoms with Crippen molar-refractivity contribution in [3.63, 3.8) is 0 Å². The first kappa shape index (κ1) is 34.1. The van der Waals surface area contributed by atoms with E-state index in [1.54, 1.807) is 30.6 Å². The lowest BCUT2D eigenvalue weighted by atomic mass is 9.85. The number of hydrogen-bond donors (Lipinski definition) is 2. The highest BCUT2D eigenvalue weighted by molar-refractivity contribution is 6.23. The van der Waals surface area contributed by atoms with Gasteiger partial charge in [0.2, 0.25) is 11.8 Å². The van der Waals surface area contributed by atoms with E-state index < -0.39 is 29.7 Å². The van der Waals surface area contributed by atoms with Crippen LogP contribution in [-0.4, -0.2) is 99.2 Å². The zero-order chi connectivity index (χ0) is 34.9. The summed E-state index contributed by atoms with van der Waals surface area (Å²) >= 11 is 0. The SMILES string of the molecule is CC(C)N(CC1CCN(c2cnc(C(=O)NC3CCCCC3)cn2)CC1)C1CC(Oc2ccc3c(c2)C(=O)N(C2CCC(=O)NC2=O)C3=O)C1. The Balaban J connectivity index is 0.877. The van der Waals surface area contributed by atoms with E-state index in [1.165, 1.54) is 6.42 Å². The number of hydrogen-bond acceptors (Lipinski definition) is 10. The van der Waals surface area contributed by atoms with Crippen LogP contribution in [0.2, 0.25) is 0 Å². The fraction of sp³-hybridized carbons (Fsp3) is 0.595. The Morgan fingerprint density at radius 3 is 2.38 bits per heavy atom. The number of benzene rings is 1. The molecule has 3 aliphatic heterocycles.